The fourth-order valence-corrected chi connectivity index (χ4v) is 2.13. The highest BCUT2D eigenvalue weighted by molar-refractivity contribution is 6.32. The van der Waals surface area contributed by atoms with Gasteiger partial charge in [0.15, 0.2) is 5.69 Å². The molecule has 6 nitrogen and oxygen atoms in total. The van der Waals surface area contributed by atoms with Crippen LogP contribution in [0.4, 0.5) is 11.4 Å². The molecule has 3 N–H and O–H groups in total. The first kappa shape index (κ1) is 14.1. The molecule has 0 unspecified atom stereocenters. The van der Waals surface area contributed by atoms with Crippen molar-refractivity contribution in [1.29, 1.82) is 0 Å². The van der Waals surface area contributed by atoms with Crippen LogP contribution in [0.1, 0.15) is 0 Å². The second-order valence-corrected chi connectivity index (χ2v) is 4.91. The number of hydrogen-bond donors (Lipinski definition) is 3. The van der Waals surface area contributed by atoms with E-state index in [0.29, 0.717) is 22.0 Å². The molecule has 3 aromatic rings. The fraction of sp³-hybridized carbons (Fsp3) is 0. The van der Waals surface area contributed by atoms with Gasteiger partial charge >= 0.3 is 0 Å². The van der Waals surface area contributed by atoms with Gasteiger partial charge in [0.25, 0.3) is 5.56 Å². The number of rotatable bonds is 3. The zero-order valence-corrected chi connectivity index (χ0v) is 12.0. The number of H-pyrrole nitrogens is 2. The lowest BCUT2D eigenvalue weighted by atomic mass is 10.1. The molecule has 3 rings (SSSR count). The minimum absolute atomic E-state index is 0.0912. The van der Waals surface area contributed by atoms with Crippen LogP contribution in [-0.4, -0.2) is 15.3 Å². The van der Waals surface area contributed by atoms with E-state index in [4.69, 9.17) is 11.6 Å². The van der Waals surface area contributed by atoms with Crippen LogP contribution in [0, 0.1) is 0 Å². The standard InChI is InChI=1S/C15H11ClN4O2/c16-11-6-1-2-7-12(11)17-19-14-13(18-20-15(14)22)9-4-3-5-10(21)8-9/h1-8,21H,(H2,18,20,22). The zero-order chi connectivity index (χ0) is 15.5. The monoisotopic (exact) mass is 314 g/mol. The zero-order valence-electron chi connectivity index (χ0n) is 11.2. The van der Waals surface area contributed by atoms with E-state index in [1.54, 1.807) is 42.5 Å². The molecular weight excluding hydrogens is 304 g/mol. The quantitative estimate of drug-likeness (QED) is 0.633. The van der Waals surface area contributed by atoms with E-state index in [2.05, 4.69) is 20.4 Å². The average Bonchev–Trinajstić information content (AvgIpc) is 2.87. The molecule has 1 aromatic heterocycles. The van der Waals surface area contributed by atoms with Crippen LogP contribution in [0.25, 0.3) is 11.3 Å². The number of nitrogens with zero attached hydrogens (tertiary/aromatic N) is 2. The number of aromatic nitrogens is 2. The molecule has 0 fully saturated rings. The van der Waals surface area contributed by atoms with Gasteiger partial charge in [-0.25, -0.2) is 0 Å². The molecule has 0 atom stereocenters. The number of hydrogen-bond acceptors (Lipinski definition) is 4. The summed E-state index contributed by atoms with van der Waals surface area (Å²) >= 11 is 6.00. The summed E-state index contributed by atoms with van der Waals surface area (Å²) in [4.78, 5) is 11.9. The highest BCUT2D eigenvalue weighted by Gasteiger charge is 2.12. The predicted molar refractivity (Wildman–Crippen MR) is 84.1 cm³/mol. The average molecular weight is 315 g/mol. The van der Waals surface area contributed by atoms with Crippen LogP contribution >= 0.6 is 11.6 Å². The molecule has 7 heteroatoms. The molecule has 0 saturated heterocycles. The highest BCUT2D eigenvalue weighted by Crippen LogP contribution is 2.30. The molecule has 2 aromatic carbocycles. The SMILES string of the molecule is O=c1[nH][nH]c(-c2cccc(O)c2)c1N=Nc1ccccc1Cl. The number of aromatic hydroxyl groups is 1. The van der Waals surface area contributed by atoms with Gasteiger partial charge in [-0.3, -0.25) is 15.0 Å². The molecule has 22 heavy (non-hydrogen) atoms. The number of nitrogens with one attached hydrogen (secondary N) is 2. The van der Waals surface area contributed by atoms with Crippen molar-refractivity contribution in [3.8, 4) is 17.0 Å². The minimum atomic E-state index is -0.408. The molecular formula is C15H11ClN4O2. The normalized spacial score (nSPS) is 11.1. The Kier molecular flexibility index (Phi) is 3.76. The van der Waals surface area contributed by atoms with Crippen molar-refractivity contribution in [2.45, 2.75) is 0 Å². The lowest BCUT2D eigenvalue weighted by Crippen LogP contribution is -1.96. The van der Waals surface area contributed by atoms with E-state index in [-0.39, 0.29) is 11.4 Å². The molecule has 0 aliphatic carbocycles. The number of phenolic OH excluding ortho intramolecular Hbond substituents is 1. The van der Waals surface area contributed by atoms with Crippen molar-refractivity contribution in [2.24, 2.45) is 10.2 Å². The lowest BCUT2D eigenvalue weighted by molar-refractivity contribution is 0.475. The minimum Gasteiger partial charge on any atom is -0.508 e. The Balaban J connectivity index is 2.04. The first-order valence-electron chi connectivity index (χ1n) is 6.41. The van der Waals surface area contributed by atoms with Crippen LogP contribution in [0.2, 0.25) is 5.02 Å². The Hall–Kier alpha value is -2.86. The number of aromatic amines is 2. The Morgan fingerprint density at radius 2 is 1.82 bits per heavy atom. The van der Waals surface area contributed by atoms with E-state index in [9.17, 15) is 9.90 Å². The summed E-state index contributed by atoms with van der Waals surface area (Å²) in [6, 6.07) is 13.4. The van der Waals surface area contributed by atoms with E-state index in [1.165, 1.54) is 6.07 Å². The van der Waals surface area contributed by atoms with Gasteiger partial charge in [-0.2, -0.15) is 0 Å². The van der Waals surface area contributed by atoms with Gasteiger partial charge in [0.05, 0.1) is 10.7 Å². The van der Waals surface area contributed by atoms with Crippen molar-refractivity contribution in [3.05, 3.63) is 63.9 Å². The third kappa shape index (κ3) is 2.77. The largest absolute Gasteiger partial charge is 0.508 e. The van der Waals surface area contributed by atoms with Crippen LogP contribution in [0.3, 0.4) is 0 Å². The molecule has 0 radical (unpaired) electrons. The third-order valence-corrected chi connectivity index (χ3v) is 3.32. The van der Waals surface area contributed by atoms with Gasteiger partial charge in [-0.1, -0.05) is 35.9 Å². The molecule has 0 spiro atoms. The molecule has 1 heterocycles. The number of benzene rings is 2. The summed E-state index contributed by atoms with van der Waals surface area (Å²) in [6.45, 7) is 0. The Morgan fingerprint density at radius 1 is 1.00 bits per heavy atom. The van der Waals surface area contributed by atoms with Crippen LogP contribution in [0.5, 0.6) is 5.75 Å². The molecule has 0 saturated carbocycles. The Morgan fingerprint density at radius 3 is 2.59 bits per heavy atom. The van der Waals surface area contributed by atoms with Gasteiger partial charge in [-0.15, -0.1) is 10.2 Å². The molecule has 0 bridgehead atoms. The summed E-state index contributed by atoms with van der Waals surface area (Å²) in [7, 11) is 0. The fourth-order valence-electron chi connectivity index (χ4n) is 1.95. The number of azo groups is 1. The maximum Gasteiger partial charge on any atom is 0.292 e. The summed E-state index contributed by atoms with van der Waals surface area (Å²) in [5.74, 6) is 0.0912. The van der Waals surface area contributed by atoms with Gasteiger partial charge in [-0.05, 0) is 24.3 Å². The highest BCUT2D eigenvalue weighted by atomic mass is 35.5. The second-order valence-electron chi connectivity index (χ2n) is 4.50. The van der Waals surface area contributed by atoms with Gasteiger partial charge in [0, 0.05) is 5.56 Å². The van der Waals surface area contributed by atoms with Crippen molar-refractivity contribution in [1.82, 2.24) is 10.2 Å². The summed E-state index contributed by atoms with van der Waals surface area (Å²) in [5, 5.41) is 23.2. The van der Waals surface area contributed by atoms with E-state index in [0.717, 1.165) is 0 Å². The van der Waals surface area contributed by atoms with Gasteiger partial charge in [0.2, 0.25) is 0 Å². The van der Waals surface area contributed by atoms with E-state index >= 15 is 0 Å². The maximum atomic E-state index is 11.9. The molecule has 0 amide bonds. The third-order valence-electron chi connectivity index (χ3n) is 3.00. The maximum absolute atomic E-state index is 11.9. The second kappa shape index (κ2) is 5.87. The molecule has 0 aliphatic heterocycles. The first-order chi connectivity index (χ1) is 10.6. The van der Waals surface area contributed by atoms with Crippen molar-refractivity contribution < 1.29 is 5.11 Å². The molecule has 110 valence electrons. The smallest absolute Gasteiger partial charge is 0.292 e. The Bertz CT molecular complexity index is 898. The van der Waals surface area contributed by atoms with E-state index in [1.807, 2.05) is 0 Å². The van der Waals surface area contributed by atoms with Gasteiger partial charge < -0.3 is 5.11 Å². The summed E-state index contributed by atoms with van der Waals surface area (Å²) in [5.41, 5.74) is 1.23. The van der Waals surface area contributed by atoms with Crippen LogP contribution in [0.15, 0.2) is 63.6 Å². The van der Waals surface area contributed by atoms with Crippen LogP contribution in [-0.2, 0) is 0 Å². The lowest BCUT2D eigenvalue weighted by Gasteiger charge is -2.00. The van der Waals surface area contributed by atoms with E-state index < -0.39 is 5.56 Å². The van der Waals surface area contributed by atoms with Crippen molar-refractivity contribution >= 4 is 23.0 Å². The predicted octanol–water partition coefficient (Wildman–Crippen LogP) is 4.14. The topological polar surface area (TPSA) is 93.6 Å². The van der Waals surface area contributed by atoms with Crippen molar-refractivity contribution in [3.63, 3.8) is 0 Å². The van der Waals surface area contributed by atoms with Crippen LogP contribution < -0.4 is 5.56 Å². The number of halogens is 1. The first-order valence-corrected chi connectivity index (χ1v) is 6.79. The summed E-state index contributed by atoms with van der Waals surface area (Å²) < 4.78 is 0. The van der Waals surface area contributed by atoms with Gasteiger partial charge in [0.1, 0.15) is 11.4 Å². The Labute approximate surface area is 130 Å². The summed E-state index contributed by atoms with van der Waals surface area (Å²) in [6.07, 6.45) is 0. The van der Waals surface area contributed by atoms with Crippen molar-refractivity contribution in [2.75, 3.05) is 0 Å². The number of phenols is 1. The molecule has 0 aliphatic rings.